The van der Waals surface area contributed by atoms with E-state index in [2.05, 4.69) is 37.2 Å². The van der Waals surface area contributed by atoms with Gasteiger partial charge in [0.25, 0.3) is 5.91 Å². The molecule has 2 rings (SSSR count). The third kappa shape index (κ3) is 3.13. The maximum atomic E-state index is 13.6. The standard InChI is InChI=1S/C13H8Br2FNO2/c14-7-4-5-8(11(18)6-7)13(19)17-12-9(15)2-1-3-10(12)16/h1-6,18H,(H,17,19). The zero-order chi connectivity index (χ0) is 14.0. The zero-order valence-electron chi connectivity index (χ0n) is 9.45. The van der Waals surface area contributed by atoms with Gasteiger partial charge in [-0.05, 0) is 46.3 Å². The van der Waals surface area contributed by atoms with Gasteiger partial charge >= 0.3 is 0 Å². The van der Waals surface area contributed by atoms with Crippen molar-refractivity contribution < 1.29 is 14.3 Å². The van der Waals surface area contributed by atoms with Gasteiger partial charge in [-0.15, -0.1) is 0 Å². The van der Waals surface area contributed by atoms with E-state index < -0.39 is 11.7 Å². The van der Waals surface area contributed by atoms with Crippen molar-refractivity contribution in [3.05, 3.63) is 56.7 Å². The maximum absolute atomic E-state index is 13.6. The highest BCUT2D eigenvalue weighted by atomic mass is 79.9. The van der Waals surface area contributed by atoms with Crippen LogP contribution in [0.25, 0.3) is 0 Å². The van der Waals surface area contributed by atoms with Gasteiger partial charge in [-0.3, -0.25) is 4.79 Å². The van der Waals surface area contributed by atoms with Gasteiger partial charge in [-0.25, -0.2) is 4.39 Å². The van der Waals surface area contributed by atoms with E-state index in [4.69, 9.17) is 0 Å². The SMILES string of the molecule is O=C(Nc1c(F)cccc1Br)c1ccc(Br)cc1O. The lowest BCUT2D eigenvalue weighted by molar-refractivity contribution is 0.102. The Labute approximate surface area is 125 Å². The van der Waals surface area contributed by atoms with Gasteiger partial charge in [0.1, 0.15) is 11.6 Å². The molecule has 19 heavy (non-hydrogen) atoms. The Bertz CT molecular complexity index is 626. The van der Waals surface area contributed by atoms with Crippen LogP contribution >= 0.6 is 31.9 Å². The van der Waals surface area contributed by atoms with E-state index in [9.17, 15) is 14.3 Å². The third-order valence-corrected chi connectivity index (χ3v) is 3.56. The van der Waals surface area contributed by atoms with Crippen LogP contribution in [0.1, 0.15) is 10.4 Å². The lowest BCUT2D eigenvalue weighted by atomic mass is 10.2. The highest BCUT2D eigenvalue weighted by molar-refractivity contribution is 9.10. The maximum Gasteiger partial charge on any atom is 0.259 e. The Morgan fingerprint density at radius 2 is 1.95 bits per heavy atom. The van der Waals surface area contributed by atoms with E-state index in [0.29, 0.717) is 8.95 Å². The molecule has 0 aliphatic heterocycles. The van der Waals surface area contributed by atoms with Gasteiger partial charge in [0, 0.05) is 8.95 Å². The first-order valence-electron chi connectivity index (χ1n) is 5.23. The molecule has 1 amide bonds. The fourth-order valence-corrected chi connectivity index (χ4v) is 2.29. The predicted molar refractivity (Wildman–Crippen MR) is 77.9 cm³/mol. The predicted octanol–water partition coefficient (Wildman–Crippen LogP) is 4.31. The summed E-state index contributed by atoms with van der Waals surface area (Å²) >= 11 is 6.33. The second kappa shape index (κ2) is 5.71. The van der Waals surface area contributed by atoms with E-state index in [1.165, 1.54) is 24.3 Å². The van der Waals surface area contributed by atoms with Gasteiger partial charge in [0.15, 0.2) is 0 Å². The van der Waals surface area contributed by atoms with Crippen molar-refractivity contribution in [1.82, 2.24) is 0 Å². The van der Waals surface area contributed by atoms with Crippen molar-refractivity contribution in [3.63, 3.8) is 0 Å². The normalized spacial score (nSPS) is 10.3. The highest BCUT2D eigenvalue weighted by Crippen LogP contribution is 2.28. The minimum Gasteiger partial charge on any atom is -0.507 e. The Morgan fingerprint density at radius 1 is 1.21 bits per heavy atom. The summed E-state index contributed by atoms with van der Waals surface area (Å²) in [5.41, 5.74) is 0.105. The van der Waals surface area contributed by atoms with Crippen LogP contribution in [0, 0.1) is 5.82 Å². The Kier molecular flexibility index (Phi) is 4.21. The molecule has 0 fully saturated rings. The minimum atomic E-state index is -0.587. The molecule has 3 nitrogen and oxygen atoms in total. The van der Waals surface area contributed by atoms with Crippen LogP contribution in [-0.4, -0.2) is 11.0 Å². The molecule has 0 aliphatic carbocycles. The number of carbonyl (C=O) groups excluding carboxylic acids is 1. The van der Waals surface area contributed by atoms with Crippen LogP contribution in [0.15, 0.2) is 45.3 Å². The van der Waals surface area contributed by atoms with E-state index in [0.717, 1.165) is 0 Å². The van der Waals surface area contributed by atoms with E-state index >= 15 is 0 Å². The number of para-hydroxylation sites is 1. The first-order valence-corrected chi connectivity index (χ1v) is 6.81. The molecular weight excluding hydrogens is 381 g/mol. The number of carbonyl (C=O) groups is 1. The van der Waals surface area contributed by atoms with Crippen molar-refractivity contribution in [2.45, 2.75) is 0 Å². The molecule has 98 valence electrons. The monoisotopic (exact) mass is 387 g/mol. The molecule has 0 aliphatic rings. The van der Waals surface area contributed by atoms with Gasteiger partial charge in [0.05, 0.1) is 11.3 Å². The summed E-state index contributed by atoms with van der Waals surface area (Å²) in [4.78, 5) is 12.0. The van der Waals surface area contributed by atoms with Crippen molar-refractivity contribution in [2.24, 2.45) is 0 Å². The number of anilines is 1. The summed E-state index contributed by atoms with van der Waals surface area (Å²) in [6.07, 6.45) is 0. The Balaban J connectivity index is 2.31. The molecule has 6 heteroatoms. The van der Waals surface area contributed by atoms with Crippen LogP contribution in [-0.2, 0) is 0 Å². The van der Waals surface area contributed by atoms with Crippen molar-refractivity contribution in [2.75, 3.05) is 5.32 Å². The fraction of sp³-hybridized carbons (Fsp3) is 0. The summed E-state index contributed by atoms with van der Waals surface area (Å²) in [6, 6.07) is 8.83. The van der Waals surface area contributed by atoms with Gasteiger partial charge < -0.3 is 10.4 Å². The summed E-state index contributed by atoms with van der Waals surface area (Å²) < 4.78 is 14.7. The van der Waals surface area contributed by atoms with E-state index in [-0.39, 0.29) is 17.0 Å². The molecule has 0 unspecified atom stereocenters. The van der Waals surface area contributed by atoms with Gasteiger partial charge in [-0.2, -0.15) is 0 Å². The number of hydrogen-bond donors (Lipinski definition) is 2. The van der Waals surface area contributed by atoms with E-state index in [1.54, 1.807) is 12.1 Å². The number of amides is 1. The van der Waals surface area contributed by atoms with Gasteiger partial charge in [-0.1, -0.05) is 22.0 Å². The van der Waals surface area contributed by atoms with Crippen molar-refractivity contribution in [3.8, 4) is 5.75 Å². The average Bonchev–Trinajstić information content (AvgIpc) is 2.33. The van der Waals surface area contributed by atoms with Crippen molar-refractivity contribution >= 4 is 43.5 Å². The smallest absolute Gasteiger partial charge is 0.259 e. The summed E-state index contributed by atoms with van der Waals surface area (Å²) in [5, 5.41) is 12.1. The first kappa shape index (κ1) is 14.0. The Morgan fingerprint density at radius 3 is 2.58 bits per heavy atom. The van der Waals surface area contributed by atoms with Crippen LogP contribution in [0.3, 0.4) is 0 Å². The van der Waals surface area contributed by atoms with Crippen LogP contribution in [0.4, 0.5) is 10.1 Å². The second-order valence-corrected chi connectivity index (χ2v) is 5.48. The van der Waals surface area contributed by atoms with Crippen LogP contribution in [0.2, 0.25) is 0 Å². The number of nitrogens with one attached hydrogen (secondary N) is 1. The number of phenols is 1. The molecule has 0 saturated carbocycles. The number of halogens is 3. The van der Waals surface area contributed by atoms with Gasteiger partial charge in [0.2, 0.25) is 0 Å². The first-order chi connectivity index (χ1) is 8.99. The number of phenolic OH excluding ortho intramolecular Hbond substituents is 1. The average molecular weight is 389 g/mol. The molecule has 0 radical (unpaired) electrons. The molecule has 0 saturated heterocycles. The fourth-order valence-electron chi connectivity index (χ4n) is 1.49. The molecule has 2 aromatic carbocycles. The molecule has 2 N–H and O–H groups in total. The lowest BCUT2D eigenvalue weighted by Crippen LogP contribution is -2.13. The van der Waals surface area contributed by atoms with E-state index in [1.807, 2.05) is 0 Å². The molecule has 0 heterocycles. The number of aromatic hydroxyl groups is 1. The zero-order valence-corrected chi connectivity index (χ0v) is 12.6. The third-order valence-electron chi connectivity index (χ3n) is 2.41. The summed E-state index contributed by atoms with van der Waals surface area (Å²) in [6.45, 7) is 0. The summed E-state index contributed by atoms with van der Waals surface area (Å²) in [7, 11) is 0. The minimum absolute atomic E-state index is 0.0369. The molecule has 0 atom stereocenters. The lowest BCUT2D eigenvalue weighted by Gasteiger charge is -2.09. The van der Waals surface area contributed by atoms with Crippen molar-refractivity contribution in [1.29, 1.82) is 0 Å². The summed E-state index contributed by atoms with van der Waals surface area (Å²) in [5.74, 6) is -1.32. The quantitative estimate of drug-likeness (QED) is 0.805. The number of rotatable bonds is 2. The molecule has 2 aromatic rings. The molecular formula is C13H8Br2FNO2. The number of benzene rings is 2. The Hall–Kier alpha value is -1.40. The topological polar surface area (TPSA) is 49.3 Å². The van der Waals surface area contributed by atoms with Crippen LogP contribution < -0.4 is 5.32 Å². The number of hydrogen-bond acceptors (Lipinski definition) is 2. The largest absolute Gasteiger partial charge is 0.507 e. The molecule has 0 spiro atoms. The highest BCUT2D eigenvalue weighted by Gasteiger charge is 2.15. The molecule has 0 aromatic heterocycles. The van der Waals surface area contributed by atoms with Crippen LogP contribution in [0.5, 0.6) is 5.75 Å². The molecule has 0 bridgehead atoms. The second-order valence-electron chi connectivity index (χ2n) is 3.71.